The summed E-state index contributed by atoms with van der Waals surface area (Å²) in [5.74, 6) is 0.136. The van der Waals surface area contributed by atoms with Crippen molar-refractivity contribution in [2.45, 2.75) is 32.6 Å². The van der Waals surface area contributed by atoms with Gasteiger partial charge in [0.1, 0.15) is 0 Å². The Kier molecular flexibility index (Phi) is 5.33. The number of carbonyl (C=O) groups is 1. The third-order valence-corrected chi connectivity index (χ3v) is 3.64. The number of benzene rings is 1. The fraction of sp³-hybridized carbons (Fsp3) is 0.500. The number of rotatable bonds is 8. The fourth-order valence-corrected chi connectivity index (χ4v) is 2.51. The number of Topliss-reactive ketones (excluding diaryl/α,β-unsaturated/α-hetero) is 1. The van der Waals surface area contributed by atoms with Gasteiger partial charge in [0.05, 0.1) is 11.0 Å². The molecular formula is C16H23N3O2. The maximum Gasteiger partial charge on any atom is 0.323 e. The molecule has 114 valence electrons. The van der Waals surface area contributed by atoms with E-state index < -0.39 is 0 Å². The number of hydrogen-bond donors (Lipinski definition) is 2. The summed E-state index contributed by atoms with van der Waals surface area (Å²) in [6.45, 7) is 4.30. The maximum atomic E-state index is 12.1. The van der Waals surface area contributed by atoms with Gasteiger partial charge in [0, 0.05) is 12.0 Å². The monoisotopic (exact) mass is 289 g/mol. The molecule has 0 unspecified atom stereocenters. The lowest BCUT2D eigenvalue weighted by atomic mass is 10.0. The second kappa shape index (κ2) is 7.22. The normalized spacial score (nSPS) is 11.4. The third kappa shape index (κ3) is 4.29. The average molecular weight is 289 g/mol. The van der Waals surface area contributed by atoms with E-state index in [0.717, 1.165) is 37.9 Å². The molecule has 0 saturated carbocycles. The summed E-state index contributed by atoms with van der Waals surface area (Å²) in [5.41, 5.74) is 1.85. The van der Waals surface area contributed by atoms with E-state index in [2.05, 4.69) is 28.8 Å². The van der Waals surface area contributed by atoms with Gasteiger partial charge in [-0.3, -0.25) is 4.79 Å². The van der Waals surface area contributed by atoms with Crippen LogP contribution in [-0.4, -0.2) is 40.8 Å². The van der Waals surface area contributed by atoms with Crippen molar-refractivity contribution in [1.29, 1.82) is 0 Å². The first-order chi connectivity index (χ1) is 10.1. The van der Waals surface area contributed by atoms with E-state index in [4.69, 9.17) is 0 Å². The predicted octanol–water partition coefficient (Wildman–Crippen LogP) is 2.55. The Bertz CT molecular complexity index is 657. The number of fused-ring (bicyclic) bond motifs is 1. The van der Waals surface area contributed by atoms with Gasteiger partial charge >= 0.3 is 5.69 Å². The van der Waals surface area contributed by atoms with Gasteiger partial charge in [-0.15, -0.1) is 0 Å². The van der Waals surface area contributed by atoms with E-state index in [0.29, 0.717) is 17.5 Å². The van der Waals surface area contributed by atoms with E-state index >= 15 is 0 Å². The Morgan fingerprint density at radius 3 is 2.67 bits per heavy atom. The molecule has 5 nitrogen and oxygen atoms in total. The molecule has 0 radical (unpaired) electrons. The predicted molar refractivity (Wildman–Crippen MR) is 84.9 cm³/mol. The van der Waals surface area contributed by atoms with Crippen LogP contribution in [0.4, 0.5) is 0 Å². The number of aromatic nitrogens is 2. The average Bonchev–Trinajstić information content (AvgIpc) is 2.82. The number of unbranched alkanes of at least 4 members (excludes halogenated alkanes) is 1. The van der Waals surface area contributed by atoms with E-state index in [1.54, 1.807) is 18.2 Å². The molecule has 0 aliphatic heterocycles. The van der Waals surface area contributed by atoms with Gasteiger partial charge in [-0.2, -0.15) is 0 Å². The molecular weight excluding hydrogens is 266 g/mol. The zero-order chi connectivity index (χ0) is 15.2. The largest absolute Gasteiger partial charge is 0.323 e. The Morgan fingerprint density at radius 1 is 1.14 bits per heavy atom. The minimum Gasteiger partial charge on any atom is -0.306 e. The van der Waals surface area contributed by atoms with Gasteiger partial charge in [0.2, 0.25) is 0 Å². The van der Waals surface area contributed by atoms with E-state index in [-0.39, 0.29) is 11.5 Å². The van der Waals surface area contributed by atoms with Gasteiger partial charge in [-0.05, 0) is 57.6 Å². The molecule has 1 aromatic carbocycles. The van der Waals surface area contributed by atoms with Gasteiger partial charge in [0.15, 0.2) is 5.78 Å². The first kappa shape index (κ1) is 15.5. The quantitative estimate of drug-likeness (QED) is 0.579. The molecule has 0 bridgehead atoms. The zero-order valence-electron chi connectivity index (χ0n) is 12.7. The topological polar surface area (TPSA) is 69.0 Å². The molecule has 1 aromatic heterocycles. The van der Waals surface area contributed by atoms with E-state index in [1.807, 2.05) is 0 Å². The zero-order valence-corrected chi connectivity index (χ0v) is 12.7. The molecule has 21 heavy (non-hydrogen) atoms. The standard InChI is InChI=1S/C16H23N3O2/c1-3-9-19(2)10-5-4-6-15(20)12-7-8-13-14(11-12)18-16(21)17-13/h7-8,11H,3-6,9-10H2,1-2H3,(H2,17,18,21). The summed E-state index contributed by atoms with van der Waals surface area (Å²) in [4.78, 5) is 31.0. The molecule has 5 heteroatoms. The van der Waals surface area contributed by atoms with Crippen molar-refractivity contribution < 1.29 is 4.79 Å². The number of nitrogens with one attached hydrogen (secondary N) is 2. The molecule has 2 rings (SSSR count). The minimum atomic E-state index is -0.242. The van der Waals surface area contributed by atoms with Gasteiger partial charge in [-0.1, -0.05) is 6.92 Å². The molecule has 2 aromatic rings. The molecule has 2 N–H and O–H groups in total. The number of nitrogens with zero attached hydrogens (tertiary/aromatic N) is 1. The molecule has 0 amide bonds. The van der Waals surface area contributed by atoms with Crippen LogP contribution in [0, 0.1) is 0 Å². The smallest absolute Gasteiger partial charge is 0.306 e. The van der Waals surface area contributed by atoms with Crippen LogP contribution in [0.15, 0.2) is 23.0 Å². The molecule has 0 aliphatic rings. The highest BCUT2D eigenvalue weighted by molar-refractivity contribution is 5.98. The van der Waals surface area contributed by atoms with E-state index in [9.17, 15) is 9.59 Å². The van der Waals surface area contributed by atoms with Crippen LogP contribution in [0.1, 0.15) is 43.0 Å². The third-order valence-electron chi connectivity index (χ3n) is 3.64. The highest BCUT2D eigenvalue weighted by atomic mass is 16.1. The molecule has 0 saturated heterocycles. The summed E-state index contributed by atoms with van der Waals surface area (Å²) in [6.07, 6.45) is 3.64. The van der Waals surface area contributed by atoms with Gasteiger partial charge in [-0.25, -0.2) is 4.79 Å². The van der Waals surface area contributed by atoms with Crippen LogP contribution in [0.3, 0.4) is 0 Å². The summed E-state index contributed by atoms with van der Waals surface area (Å²) < 4.78 is 0. The molecule has 0 fully saturated rings. The van der Waals surface area contributed by atoms with Gasteiger partial charge < -0.3 is 14.9 Å². The number of imidazole rings is 1. The Hall–Kier alpha value is -1.88. The lowest BCUT2D eigenvalue weighted by molar-refractivity contribution is 0.0978. The van der Waals surface area contributed by atoms with Crippen molar-refractivity contribution in [3.63, 3.8) is 0 Å². The summed E-state index contributed by atoms with van der Waals surface area (Å²) >= 11 is 0. The van der Waals surface area contributed by atoms with Crippen molar-refractivity contribution >= 4 is 16.8 Å². The van der Waals surface area contributed by atoms with Crippen molar-refractivity contribution in [2.24, 2.45) is 0 Å². The Balaban J connectivity index is 1.85. The Labute approximate surface area is 124 Å². The van der Waals surface area contributed by atoms with Crippen LogP contribution in [0.25, 0.3) is 11.0 Å². The van der Waals surface area contributed by atoms with Crippen LogP contribution >= 0.6 is 0 Å². The second-order valence-corrected chi connectivity index (χ2v) is 5.52. The fourth-order valence-electron chi connectivity index (χ4n) is 2.51. The van der Waals surface area contributed by atoms with Gasteiger partial charge in [0.25, 0.3) is 0 Å². The first-order valence-electron chi connectivity index (χ1n) is 7.54. The summed E-state index contributed by atoms with van der Waals surface area (Å²) in [5, 5.41) is 0. The second-order valence-electron chi connectivity index (χ2n) is 5.52. The lowest BCUT2D eigenvalue weighted by Crippen LogP contribution is -2.20. The maximum absolute atomic E-state index is 12.1. The molecule has 0 aliphatic carbocycles. The van der Waals surface area contributed by atoms with Crippen LogP contribution in [0.2, 0.25) is 0 Å². The lowest BCUT2D eigenvalue weighted by Gasteiger charge is -2.14. The van der Waals surface area contributed by atoms with Crippen LogP contribution < -0.4 is 5.69 Å². The summed E-state index contributed by atoms with van der Waals surface area (Å²) in [7, 11) is 2.11. The highest BCUT2D eigenvalue weighted by Gasteiger charge is 2.08. The number of aromatic amines is 2. The highest BCUT2D eigenvalue weighted by Crippen LogP contribution is 2.13. The van der Waals surface area contributed by atoms with E-state index in [1.165, 1.54) is 0 Å². The van der Waals surface area contributed by atoms with Crippen molar-refractivity contribution in [3.05, 3.63) is 34.2 Å². The van der Waals surface area contributed by atoms with Crippen molar-refractivity contribution in [1.82, 2.24) is 14.9 Å². The number of H-pyrrole nitrogens is 2. The number of hydrogen-bond acceptors (Lipinski definition) is 3. The summed E-state index contributed by atoms with van der Waals surface area (Å²) in [6, 6.07) is 5.30. The molecule has 0 atom stereocenters. The van der Waals surface area contributed by atoms with Crippen molar-refractivity contribution in [2.75, 3.05) is 20.1 Å². The number of carbonyl (C=O) groups excluding carboxylic acids is 1. The SMILES string of the molecule is CCCN(C)CCCCC(=O)c1ccc2[nH]c(=O)[nH]c2c1. The van der Waals surface area contributed by atoms with Crippen molar-refractivity contribution in [3.8, 4) is 0 Å². The molecule has 1 heterocycles. The molecule has 0 spiro atoms. The number of ketones is 1. The van der Waals surface area contributed by atoms with Crippen LogP contribution in [-0.2, 0) is 0 Å². The Morgan fingerprint density at radius 2 is 1.90 bits per heavy atom. The van der Waals surface area contributed by atoms with Crippen LogP contribution in [0.5, 0.6) is 0 Å². The first-order valence-corrected chi connectivity index (χ1v) is 7.54. The minimum absolute atomic E-state index is 0.136.